The molecule has 108 valence electrons. The zero-order valence-electron chi connectivity index (χ0n) is 11.7. The Bertz CT molecular complexity index is 625. The summed E-state index contributed by atoms with van der Waals surface area (Å²) >= 11 is 0. The van der Waals surface area contributed by atoms with Gasteiger partial charge in [-0.3, -0.25) is 0 Å². The molecule has 6 heteroatoms. The predicted octanol–water partition coefficient (Wildman–Crippen LogP) is 1.99. The van der Waals surface area contributed by atoms with Gasteiger partial charge in [0.25, 0.3) is 0 Å². The smallest absolute Gasteiger partial charge is 0.182 e. The average Bonchev–Trinajstić information content (AvgIpc) is 2.54. The fourth-order valence-corrected chi connectivity index (χ4v) is 1.72. The Hall–Kier alpha value is -2.65. The molecule has 1 aromatic carbocycles. The van der Waals surface area contributed by atoms with E-state index in [1.165, 1.54) is 6.20 Å². The quantitative estimate of drug-likeness (QED) is 0.783. The van der Waals surface area contributed by atoms with Crippen LogP contribution in [-0.4, -0.2) is 30.3 Å². The van der Waals surface area contributed by atoms with Crippen LogP contribution in [0.3, 0.4) is 0 Å². The Kier molecular flexibility index (Phi) is 5.50. The van der Waals surface area contributed by atoms with Crippen LogP contribution in [0.25, 0.3) is 0 Å². The zero-order valence-corrected chi connectivity index (χ0v) is 11.7. The molecular weight excluding hydrogens is 268 g/mol. The van der Waals surface area contributed by atoms with Crippen molar-refractivity contribution in [1.29, 1.82) is 5.26 Å². The summed E-state index contributed by atoms with van der Waals surface area (Å²) in [7, 11) is 1.64. The maximum atomic E-state index is 8.96. The van der Waals surface area contributed by atoms with Crippen LogP contribution >= 0.6 is 0 Å². The second-order valence-corrected chi connectivity index (χ2v) is 4.21. The summed E-state index contributed by atoms with van der Waals surface area (Å²) in [5.41, 5.74) is 1.31. The minimum absolute atomic E-state index is 0.282. The summed E-state index contributed by atoms with van der Waals surface area (Å²) < 4.78 is 10.5. The highest BCUT2D eigenvalue weighted by Gasteiger charge is 2.04. The van der Waals surface area contributed by atoms with E-state index in [1.807, 2.05) is 30.3 Å². The molecule has 6 nitrogen and oxygen atoms in total. The van der Waals surface area contributed by atoms with Gasteiger partial charge in [0.2, 0.25) is 0 Å². The molecule has 0 radical (unpaired) electrons. The summed E-state index contributed by atoms with van der Waals surface area (Å²) in [5, 5.41) is 12.1. The summed E-state index contributed by atoms with van der Waals surface area (Å²) in [6.07, 6.45) is 3.04. The third-order valence-corrected chi connectivity index (χ3v) is 2.72. The van der Waals surface area contributed by atoms with Gasteiger partial charge in [-0.25, -0.2) is 9.97 Å². The van der Waals surface area contributed by atoms with E-state index in [-0.39, 0.29) is 5.69 Å². The molecule has 1 heterocycles. The fourth-order valence-electron chi connectivity index (χ4n) is 1.72. The van der Waals surface area contributed by atoms with Crippen LogP contribution in [-0.2, 0) is 11.3 Å². The van der Waals surface area contributed by atoms with E-state index in [2.05, 4.69) is 15.3 Å². The maximum absolute atomic E-state index is 8.96. The molecule has 2 aromatic rings. The molecule has 0 spiro atoms. The van der Waals surface area contributed by atoms with Gasteiger partial charge in [-0.15, -0.1) is 0 Å². The van der Waals surface area contributed by atoms with E-state index >= 15 is 0 Å². The van der Waals surface area contributed by atoms with Gasteiger partial charge in [-0.1, -0.05) is 12.1 Å². The van der Waals surface area contributed by atoms with Crippen molar-refractivity contribution >= 4 is 5.82 Å². The van der Waals surface area contributed by atoms with Crippen molar-refractivity contribution in [3.05, 3.63) is 47.9 Å². The lowest BCUT2D eigenvalue weighted by Gasteiger charge is -2.09. The van der Waals surface area contributed by atoms with Crippen LogP contribution in [0, 0.1) is 11.3 Å². The van der Waals surface area contributed by atoms with Gasteiger partial charge in [0, 0.05) is 26.0 Å². The first-order chi connectivity index (χ1) is 10.3. The minimum atomic E-state index is 0.282. The molecule has 0 bridgehead atoms. The molecule has 1 N–H and O–H groups in total. The van der Waals surface area contributed by atoms with Crippen molar-refractivity contribution in [1.82, 2.24) is 9.97 Å². The van der Waals surface area contributed by atoms with Gasteiger partial charge in [-0.05, 0) is 17.7 Å². The molecule has 0 unspecified atom stereocenters. The third kappa shape index (κ3) is 4.44. The normalized spacial score (nSPS) is 9.90. The van der Waals surface area contributed by atoms with E-state index < -0.39 is 0 Å². The average molecular weight is 284 g/mol. The molecule has 0 fully saturated rings. The minimum Gasteiger partial charge on any atom is -0.491 e. The molecule has 0 aliphatic rings. The second-order valence-electron chi connectivity index (χ2n) is 4.21. The standard InChI is InChI=1S/C15H16N4O2/c1-20-7-8-21-13-4-2-3-12(9-13)11-19-15-14(10-16)17-5-6-18-15/h2-6,9H,7-8,11H2,1H3,(H,18,19). The van der Waals surface area contributed by atoms with Crippen LogP contribution in [0.2, 0.25) is 0 Å². The topological polar surface area (TPSA) is 80.1 Å². The Labute approximate surface area is 123 Å². The van der Waals surface area contributed by atoms with Gasteiger partial charge in [0.1, 0.15) is 18.4 Å². The summed E-state index contributed by atoms with van der Waals surface area (Å²) in [6.45, 7) is 1.60. The van der Waals surface area contributed by atoms with E-state index in [1.54, 1.807) is 13.3 Å². The van der Waals surface area contributed by atoms with Crippen molar-refractivity contribution in [3.8, 4) is 11.8 Å². The molecule has 0 saturated carbocycles. The van der Waals surface area contributed by atoms with E-state index in [0.29, 0.717) is 25.6 Å². The first kappa shape index (κ1) is 14.8. The summed E-state index contributed by atoms with van der Waals surface area (Å²) in [6, 6.07) is 9.72. The summed E-state index contributed by atoms with van der Waals surface area (Å²) in [5.74, 6) is 1.26. The van der Waals surface area contributed by atoms with Gasteiger partial charge >= 0.3 is 0 Å². The van der Waals surface area contributed by atoms with Crippen LogP contribution in [0.4, 0.5) is 5.82 Å². The van der Waals surface area contributed by atoms with Crippen molar-refractivity contribution in [2.75, 3.05) is 25.6 Å². The van der Waals surface area contributed by atoms with Crippen molar-refractivity contribution < 1.29 is 9.47 Å². The van der Waals surface area contributed by atoms with Gasteiger partial charge in [0.05, 0.1) is 6.61 Å². The molecule has 2 rings (SSSR count). The summed E-state index contributed by atoms with van der Waals surface area (Å²) in [4.78, 5) is 8.06. The second kappa shape index (κ2) is 7.82. The number of ether oxygens (including phenoxy) is 2. The largest absolute Gasteiger partial charge is 0.491 e. The predicted molar refractivity (Wildman–Crippen MR) is 77.9 cm³/mol. The van der Waals surface area contributed by atoms with Crippen LogP contribution in [0.1, 0.15) is 11.3 Å². The number of hydrogen-bond acceptors (Lipinski definition) is 6. The highest BCUT2D eigenvalue weighted by molar-refractivity contribution is 5.47. The Morgan fingerprint density at radius 1 is 1.24 bits per heavy atom. The third-order valence-electron chi connectivity index (χ3n) is 2.72. The molecule has 0 amide bonds. The molecule has 21 heavy (non-hydrogen) atoms. The number of anilines is 1. The van der Waals surface area contributed by atoms with Crippen molar-refractivity contribution in [3.63, 3.8) is 0 Å². The molecule has 0 saturated heterocycles. The highest BCUT2D eigenvalue weighted by Crippen LogP contribution is 2.15. The number of rotatable bonds is 7. The SMILES string of the molecule is COCCOc1cccc(CNc2nccnc2C#N)c1. The fraction of sp³-hybridized carbons (Fsp3) is 0.267. The number of nitrogens with zero attached hydrogens (tertiary/aromatic N) is 3. The number of aromatic nitrogens is 2. The van der Waals surface area contributed by atoms with Crippen LogP contribution < -0.4 is 10.1 Å². The van der Waals surface area contributed by atoms with E-state index in [9.17, 15) is 0 Å². The zero-order chi connectivity index (χ0) is 14.9. The highest BCUT2D eigenvalue weighted by atomic mass is 16.5. The van der Waals surface area contributed by atoms with Gasteiger partial charge < -0.3 is 14.8 Å². The van der Waals surface area contributed by atoms with Crippen LogP contribution in [0.5, 0.6) is 5.75 Å². The Morgan fingerprint density at radius 3 is 2.90 bits per heavy atom. The number of nitriles is 1. The van der Waals surface area contributed by atoms with Crippen LogP contribution in [0.15, 0.2) is 36.7 Å². The number of benzene rings is 1. The molecule has 0 atom stereocenters. The first-order valence-corrected chi connectivity index (χ1v) is 6.49. The molecule has 0 aliphatic carbocycles. The lowest BCUT2D eigenvalue weighted by atomic mass is 10.2. The van der Waals surface area contributed by atoms with Crippen molar-refractivity contribution in [2.24, 2.45) is 0 Å². The monoisotopic (exact) mass is 284 g/mol. The number of hydrogen-bond donors (Lipinski definition) is 1. The van der Waals surface area contributed by atoms with Crippen molar-refractivity contribution in [2.45, 2.75) is 6.54 Å². The lowest BCUT2D eigenvalue weighted by Crippen LogP contribution is -2.06. The van der Waals surface area contributed by atoms with E-state index in [4.69, 9.17) is 14.7 Å². The number of nitrogens with one attached hydrogen (secondary N) is 1. The molecule has 1 aromatic heterocycles. The van der Waals surface area contributed by atoms with Gasteiger partial charge in [-0.2, -0.15) is 5.26 Å². The molecule has 0 aliphatic heterocycles. The van der Waals surface area contributed by atoms with Gasteiger partial charge in [0.15, 0.2) is 11.5 Å². The first-order valence-electron chi connectivity index (χ1n) is 6.49. The maximum Gasteiger partial charge on any atom is 0.182 e. The number of methoxy groups -OCH3 is 1. The Morgan fingerprint density at radius 2 is 2.10 bits per heavy atom. The van der Waals surface area contributed by atoms with E-state index in [0.717, 1.165) is 11.3 Å². The molecular formula is C15H16N4O2. The lowest BCUT2D eigenvalue weighted by molar-refractivity contribution is 0.146. The Balaban J connectivity index is 1.97.